The zero-order valence-corrected chi connectivity index (χ0v) is 11.5. The van der Waals surface area contributed by atoms with E-state index in [1.807, 2.05) is 26.4 Å². The number of rotatable bonds is 8. The minimum absolute atomic E-state index is 0.0249. The van der Waals surface area contributed by atoms with Gasteiger partial charge >= 0.3 is 5.97 Å². The molecular formula is C13H23N3O2. The van der Waals surface area contributed by atoms with Crippen LogP contribution in [-0.2, 0) is 16.1 Å². The molecule has 102 valence electrons. The Bertz CT molecular complexity index is 363. The standard InChI is InChI=1S/C13H23N3O2/c1-4-7-16-10-14-9-12(16)11(15-5-2)8-13(17)18-6-3/h9-11,15H,4-8H2,1-3H3. The fourth-order valence-electron chi connectivity index (χ4n) is 1.96. The number of aryl methyl sites for hydroxylation is 1. The summed E-state index contributed by atoms with van der Waals surface area (Å²) in [6.07, 6.45) is 5.02. The first-order valence-electron chi connectivity index (χ1n) is 6.61. The lowest BCUT2D eigenvalue weighted by atomic mass is 10.1. The van der Waals surface area contributed by atoms with Gasteiger partial charge in [0, 0.05) is 12.7 Å². The Balaban J connectivity index is 2.76. The van der Waals surface area contributed by atoms with Crippen molar-refractivity contribution in [2.75, 3.05) is 13.2 Å². The molecule has 0 aromatic carbocycles. The highest BCUT2D eigenvalue weighted by molar-refractivity contribution is 5.70. The van der Waals surface area contributed by atoms with E-state index in [2.05, 4.69) is 21.8 Å². The number of aromatic nitrogens is 2. The van der Waals surface area contributed by atoms with Crippen LogP contribution in [0.5, 0.6) is 0 Å². The molecule has 5 nitrogen and oxygen atoms in total. The van der Waals surface area contributed by atoms with Crippen LogP contribution in [0, 0.1) is 0 Å². The van der Waals surface area contributed by atoms with Crippen LogP contribution in [0.25, 0.3) is 0 Å². The monoisotopic (exact) mass is 253 g/mol. The molecule has 0 saturated carbocycles. The highest BCUT2D eigenvalue weighted by Gasteiger charge is 2.19. The number of carbonyl (C=O) groups excluding carboxylic acids is 1. The fourth-order valence-corrected chi connectivity index (χ4v) is 1.96. The lowest BCUT2D eigenvalue weighted by Crippen LogP contribution is -2.26. The number of nitrogens with one attached hydrogen (secondary N) is 1. The molecule has 1 unspecified atom stereocenters. The quantitative estimate of drug-likeness (QED) is 0.719. The van der Waals surface area contributed by atoms with E-state index in [0.717, 1.165) is 25.2 Å². The van der Waals surface area contributed by atoms with Gasteiger partial charge < -0.3 is 14.6 Å². The minimum atomic E-state index is -0.173. The number of imidazole rings is 1. The van der Waals surface area contributed by atoms with E-state index < -0.39 is 0 Å². The summed E-state index contributed by atoms with van der Waals surface area (Å²) < 4.78 is 7.10. The lowest BCUT2D eigenvalue weighted by molar-refractivity contribution is -0.143. The molecule has 1 N–H and O–H groups in total. The third kappa shape index (κ3) is 4.14. The maximum atomic E-state index is 11.6. The number of carbonyl (C=O) groups is 1. The van der Waals surface area contributed by atoms with Crippen molar-refractivity contribution in [3.63, 3.8) is 0 Å². The van der Waals surface area contributed by atoms with E-state index in [4.69, 9.17) is 4.74 Å². The van der Waals surface area contributed by atoms with Crippen molar-refractivity contribution >= 4 is 5.97 Å². The van der Waals surface area contributed by atoms with Gasteiger partial charge in [-0.05, 0) is 19.9 Å². The third-order valence-electron chi connectivity index (χ3n) is 2.69. The Kier molecular flexibility index (Phi) is 6.43. The van der Waals surface area contributed by atoms with Gasteiger partial charge in [-0.2, -0.15) is 0 Å². The molecule has 1 atom stereocenters. The second kappa shape index (κ2) is 7.87. The molecule has 1 heterocycles. The highest BCUT2D eigenvalue weighted by Crippen LogP contribution is 2.17. The maximum absolute atomic E-state index is 11.6. The fraction of sp³-hybridized carbons (Fsp3) is 0.692. The van der Waals surface area contributed by atoms with Crippen molar-refractivity contribution in [1.29, 1.82) is 0 Å². The average Bonchev–Trinajstić information content (AvgIpc) is 2.77. The third-order valence-corrected chi connectivity index (χ3v) is 2.69. The van der Waals surface area contributed by atoms with Crippen LogP contribution in [0.1, 0.15) is 45.3 Å². The summed E-state index contributed by atoms with van der Waals surface area (Å²) in [7, 11) is 0. The number of ether oxygens (including phenoxy) is 1. The summed E-state index contributed by atoms with van der Waals surface area (Å²) in [4.78, 5) is 15.8. The number of hydrogen-bond acceptors (Lipinski definition) is 4. The van der Waals surface area contributed by atoms with Crippen LogP contribution in [0.3, 0.4) is 0 Å². The van der Waals surface area contributed by atoms with E-state index in [1.54, 1.807) is 0 Å². The average molecular weight is 253 g/mol. The first-order chi connectivity index (χ1) is 8.72. The highest BCUT2D eigenvalue weighted by atomic mass is 16.5. The van der Waals surface area contributed by atoms with Crippen molar-refractivity contribution in [1.82, 2.24) is 14.9 Å². The molecule has 0 aliphatic heterocycles. The van der Waals surface area contributed by atoms with Crippen LogP contribution in [-0.4, -0.2) is 28.7 Å². The number of hydrogen-bond donors (Lipinski definition) is 1. The van der Waals surface area contributed by atoms with Gasteiger partial charge in [-0.1, -0.05) is 13.8 Å². The first kappa shape index (κ1) is 14.7. The van der Waals surface area contributed by atoms with Gasteiger partial charge in [-0.25, -0.2) is 4.98 Å². The molecular weight excluding hydrogens is 230 g/mol. The zero-order valence-electron chi connectivity index (χ0n) is 11.5. The van der Waals surface area contributed by atoms with E-state index in [9.17, 15) is 4.79 Å². The predicted molar refractivity (Wildman–Crippen MR) is 70.2 cm³/mol. The Labute approximate surface area is 109 Å². The first-order valence-corrected chi connectivity index (χ1v) is 6.61. The molecule has 0 aliphatic carbocycles. The molecule has 0 saturated heterocycles. The molecule has 1 rings (SSSR count). The molecule has 18 heavy (non-hydrogen) atoms. The lowest BCUT2D eigenvalue weighted by Gasteiger charge is -2.18. The van der Waals surface area contributed by atoms with Crippen LogP contribution >= 0.6 is 0 Å². The number of nitrogens with zero attached hydrogens (tertiary/aromatic N) is 2. The van der Waals surface area contributed by atoms with E-state index in [0.29, 0.717) is 13.0 Å². The van der Waals surface area contributed by atoms with Crippen molar-refractivity contribution in [2.24, 2.45) is 0 Å². The van der Waals surface area contributed by atoms with Gasteiger partial charge in [-0.15, -0.1) is 0 Å². The molecule has 1 aromatic rings. The molecule has 0 spiro atoms. The Morgan fingerprint density at radius 2 is 2.28 bits per heavy atom. The minimum Gasteiger partial charge on any atom is -0.466 e. The summed E-state index contributed by atoms with van der Waals surface area (Å²) >= 11 is 0. The largest absolute Gasteiger partial charge is 0.466 e. The van der Waals surface area contributed by atoms with Crippen molar-refractivity contribution in [2.45, 2.75) is 46.2 Å². The van der Waals surface area contributed by atoms with Crippen LogP contribution in [0.15, 0.2) is 12.5 Å². The molecule has 0 aliphatic rings. The molecule has 5 heteroatoms. The van der Waals surface area contributed by atoms with Crippen LogP contribution in [0.4, 0.5) is 0 Å². The number of esters is 1. The van der Waals surface area contributed by atoms with Gasteiger partial charge in [0.1, 0.15) is 0 Å². The summed E-state index contributed by atoms with van der Waals surface area (Å²) in [5.74, 6) is -0.173. The SMILES string of the molecule is CCCn1cncc1C(CC(=O)OCC)NCC. The second-order valence-electron chi connectivity index (χ2n) is 4.13. The van der Waals surface area contributed by atoms with Gasteiger partial charge in [-0.3, -0.25) is 4.79 Å². The summed E-state index contributed by atoms with van der Waals surface area (Å²) in [6, 6.07) is -0.0249. The molecule has 0 radical (unpaired) electrons. The van der Waals surface area contributed by atoms with Crippen molar-refractivity contribution in [3.8, 4) is 0 Å². The molecule has 0 amide bonds. The van der Waals surface area contributed by atoms with Gasteiger partial charge in [0.25, 0.3) is 0 Å². The Morgan fingerprint density at radius 1 is 1.50 bits per heavy atom. The van der Waals surface area contributed by atoms with E-state index in [1.165, 1.54) is 0 Å². The van der Waals surface area contributed by atoms with Crippen molar-refractivity contribution in [3.05, 3.63) is 18.2 Å². The molecule has 0 fully saturated rings. The predicted octanol–water partition coefficient (Wildman–Crippen LogP) is 1.90. The summed E-state index contributed by atoms with van der Waals surface area (Å²) in [5, 5.41) is 3.31. The van der Waals surface area contributed by atoms with E-state index in [-0.39, 0.29) is 12.0 Å². The smallest absolute Gasteiger partial charge is 0.307 e. The van der Waals surface area contributed by atoms with Crippen molar-refractivity contribution < 1.29 is 9.53 Å². The maximum Gasteiger partial charge on any atom is 0.307 e. The zero-order chi connectivity index (χ0) is 13.4. The van der Waals surface area contributed by atoms with Gasteiger partial charge in [0.05, 0.1) is 31.1 Å². The van der Waals surface area contributed by atoms with Crippen LogP contribution in [0.2, 0.25) is 0 Å². The van der Waals surface area contributed by atoms with E-state index >= 15 is 0 Å². The second-order valence-corrected chi connectivity index (χ2v) is 4.13. The summed E-state index contributed by atoms with van der Waals surface area (Å²) in [5.41, 5.74) is 1.05. The summed E-state index contributed by atoms with van der Waals surface area (Å²) in [6.45, 7) is 8.12. The molecule has 0 bridgehead atoms. The normalized spacial score (nSPS) is 12.4. The van der Waals surface area contributed by atoms with Gasteiger partial charge in [0.15, 0.2) is 0 Å². The Hall–Kier alpha value is -1.36. The van der Waals surface area contributed by atoms with Crippen LogP contribution < -0.4 is 5.32 Å². The Morgan fingerprint density at radius 3 is 2.89 bits per heavy atom. The molecule has 1 aromatic heterocycles. The van der Waals surface area contributed by atoms with Gasteiger partial charge in [0.2, 0.25) is 0 Å². The topological polar surface area (TPSA) is 56.2 Å².